The molecule has 52 heavy (non-hydrogen) atoms. The number of nitrogens with zero attached hydrogens (tertiary/aromatic N) is 3. The van der Waals surface area contributed by atoms with Crippen molar-refractivity contribution in [3.05, 3.63) is 71.8 Å². The van der Waals surface area contributed by atoms with Gasteiger partial charge in [-0.3, -0.25) is 4.79 Å². The number of piperidine rings is 1. The highest BCUT2D eigenvalue weighted by atomic mass is 16.7. The number of aromatic nitrogens is 2. The number of pyridine rings is 1. The highest BCUT2D eigenvalue weighted by Gasteiger charge is 2.24. The molecular weight excluding hydrogens is 656 g/mol. The van der Waals surface area contributed by atoms with Crippen LogP contribution in [0.1, 0.15) is 84.4 Å². The maximum Gasteiger partial charge on any atom is 0.292 e. The molecule has 2 N–H and O–H groups in total. The van der Waals surface area contributed by atoms with Gasteiger partial charge in [0.1, 0.15) is 11.9 Å². The van der Waals surface area contributed by atoms with Gasteiger partial charge in [-0.2, -0.15) is 0 Å². The van der Waals surface area contributed by atoms with Crippen LogP contribution in [0.15, 0.2) is 60.5 Å². The molecule has 2 aliphatic heterocycles. The highest BCUT2D eigenvalue weighted by molar-refractivity contribution is 5.96. The van der Waals surface area contributed by atoms with E-state index in [-0.39, 0.29) is 12.3 Å². The first-order valence-corrected chi connectivity index (χ1v) is 18.9. The molecule has 1 aliphatic carbocycles. The number of fused-ring (bicyclic) bond motifs is 1. The first-order chi connectivity index (χ1) is 25.2. The number of hydrogen-bond donors (Lipinski definition) is 2. The number of likely N-dealkylation sites (tertiary alicyclic amines) is 1. The predicted octanol–water partition coefficient (Wildman–Crippen LogP) is 7.91. The third-order valence-electron chi connectivity index (χ3n) is 9.96. The van der Waals surface area contributed by atoms with Crippen molar-refractivity contribution in [1.82, 2.24) is 19.9 Å². The molecule has 3 aliphatic rings. The maximum absolute atomic E-state index is 9.46. The van der Waals surface area contributed by atoms with Crippen molar-refractivity contribution < 1.29 is 28.9 Å². The lowest BCUT2D eigenvalue weighted by atomic mass is 9.96. The molecule has 1 aromatic carbocycles. The smallest absolute Gasteiger partial charge is 0.292 e. The van der Waals surface area contributed by atoms with Gasteiger partial charge in [0, 0.05) is 78.7 Å². The van der Waals surface area contributed by atoms with E-state index >= 15 is 0 Å². The molecule has 0 spiro atoms. The van der Waals surface area contributed by atoms with Crippen molar-refractivity contribution in [2.24, 2.45) is 18.9 Å². The van der Waals surface area contributed by atoms with Crippen LogP contribution in [0.2, 0.25) is 0 Å². The van der Waals surface area contributed by atoms with E-state index in [2.05, 4.69) is 115 Å². The number of aliphatic hydroxyl groups excluding tert-OH is 1. The van der Waals surface area contributed by atoms with Gasteiger partial charge in [0.05, 0.1) is 19.8 Å². The lowest BCUT2D eigenvalue weighted by molar-refractivity contribution is -0.126. The minimum Gasteiger partial charge on any atom is -0.474 e. The Hall–Kier alpha value is -3.96. The van der Waals surface area contributed by atoms with Crippen LogP contribution in [0.4, 0.5) is 0 Å². The molecule has 0 amide bonds. The van der Waals surface area contributed by atoms with Gasteiger partial charge in [-0.25, -0.2) is 4.98 Å². The minimum atomic E-state index is -0.137. The Morgan fingerprint density at radius 1 is 1.08 bits per heavy atom. The molecule has 0 radical (unpaired) electrons. The molecule has 4 heterocycles. The number of aryl methyl sites for hydroxylation is 1. The monoisotopic (exact) mass is 716 g/mol. The first-order valence-electron chi connectivity index (χ1n) is 18.9. The molecule has 2 atom stereocenters. The number of ether oxygens (including phenoxy) is 3. The lowest BCUT2D eigenvalue weighted by Crippen LogP contribution is -2.38. The minimum absolute atomic E-state index is 0.111. The van der Waals surface area contributed by atoms with Gasteiger partial charge >= 0.3 is 0 Å². The van der Waals surface area contributed by atoms with Crippen molar-refractivity contribution in [2.45, 2.75) is 91.6 Å². The van der Waals surface area contributed by atoms with Gasteiger partial charge in [-0.15, -0.1) is 5.48 Å². The van der Waals surface area contributed by atoms with Crippen LogP contribution in [0.25, 0.3) is 34.2 Å². The van der Waals surface area contributed by atoms with E-state index in [1.165, 1.54) is 41.3 Å². The zero-order chi connectivity index (χ0) is 37.5. The summed E-state index contributed by atoms with van der Waals surface area (Å²) in [7, 11) is 3.45. The molecule has 6 rings (SSSR count). The van der Waals surface area contributed by atoms with Crippen molar-refractivity contribution in [1.29, 1.82) is 0 Å². The summed E-state index contributed by atoms with van der Waals surface area (Å²) < 4.78 is 17.8. The summed E-state index contributed by atoms with van der Waals surface area (Å²) in [6.07, 6.45) is 19.2. The average Bonchev–Trinajstić information content (AvgIpc) is 3.72. The summed E-state index contributed by atoms with van der Waals surface area (Å²) in [6.45, 7) is 14.7. The fourth-order valence-corrected chi connectivity index (χ4v) is 6.17. The zero-order valence-corrected chi connectivity index (χ0v) is 32.2. The van der Waals surface area contributed by atoms with E-state index in [1.807, 2.05) is 18.3 Å². The highest BCUT2D eigenvalue weighted by Crippen LogP contribution is 2.32. The fraction of sp³-hybridized carbons (Fsp3) is 0.524. The van der Waals surface area contributed by atoms with Crippen LogP contribution in [0.3, 0.4) is 0 Å². The van der Waals surface area contributed by atoms with Gasteiger partial charge in [-0.1, -0.05) is 58.1 Å². The Morgan fingerprint density at radius 3 is 2.40 bits per heavy atom. The molecule has 3 aromatic rings. The number of methoxy groups -OCH3 is 1. The Bertz CT molecular complexity index is 1620. The Morgan fingerprint density at radius 2 is 1.81 bits per heavy atom. The third kappa shape index (κ3) is 11.5. The quantitative estimate of drug-likeness (QED) is 0.171. The van der Waals surface area contributed by atoms with Crippen molar-refractivity contribution in [3.8, 4) is 17.0 Å². The van der Waals surface area contributed by atoms with E-state index < -0.39 is 0 Å². The largest absolute Gasteiger partial charge is 0.474 e. The number of benzene rings is 1. The van der Waals surface area contributed by atoms with E-state index in [9.17, 15) is 5.11 Å². The maximum atomic E-state index is 9.46. The van der Waals surface area contributed by atoms with Crippen LogP contribution >= 0.6 is 0 Å². The van der Waals surface area contributed by atoms with Gasteiger partial charge < -0.3 is 33.6 Å². The van der Waals surface area contributed by atoms with E-state index in [4.69, 9.17) is 19.1 Å². The Balaban J connectivity index is 0.000000221. The molecule has 2 unspecified atom stereocenters. The third-order valence-corrected chi connectivity index (χ3v) is 9.96. The second-order valence-corrected chi connectivity index (χ2v) is 14.0. The first kappa shape index (κ1) is 40.8. The number of nitrogens with one attached hydrogen (secondary N) is 1. The standard InChI is InChI=1S/C25H28N2O.C15H28N2O3.C2H4O2/c1-4-6-11-21-22-14-12-18(16-24(22)27(3)23(21)8-5-2)19-13-15-25(26-17-19)28-20-9-7-10-20;1-11(2)12(3)14-10-15(16-20-14)19-9-8-17-6-4-13(18)5-7-17;1-4-2-3/h5-6,8,11-17,20H,4,7,9-10H2,1-3H3;10-13,15-16,18H,4-9H2,1-3H3;2H,1H3/b8-5-,11-6+;;. The molecule has 10 nitrogen and oxygen atoms in total. The van der Waals surface area contributed by atoms with Crippen LogP contribution in [0.5, 0.6) is 5.88 Å². The van der Waals surface area contributed by atoms with Crippen LogP contribution < -0.4 is 10.2 Å². The number of hydroxylamine groups is 1. The number of carbonyl (C=O) groups is 1. The number of rotatable bonds is 13. The topological polar surface area (TPSA) is 107 Å². The number of hydrogen-bond acceptors (Lipinski definition) is 9. The second kappa shape index (κ2) is 20.9. The molecule has 0 bridgehead atoms. The van der Waals surface area contributed by atoms with Crippen molar-refractivity contribution in [2.75, 3.05) is 33.4 Å². The number of carbonyl (C=O) groups excluding carboxylic acids is 1. The van der Waals surface area contributed by atoms with Gasteiger partial charge in [0.15, 0.2) is 6.23 Å². The van der Waals surface area contributed by atoms with Gasteiger partial charge in [0.25, 0.3) is 6.47 Å². The molecule has 1 saturated heterocycles. The van der Waals surface area contributed by atoms with Crippen molar-refractivity contribution >= 4 is 29.5 Å². The van der Waals surface area contributed by atoms with Crippen LogP contribution in [-0.4, -0.2) is 77.8 Å². The summed E-state index contributed by atoms with van der Waals surface area (Å²) in [5.74, 6) is 2.67. The van der Waals surface area contributed by atoms with Gasteiger partial charge in [0.2, 0.25) is 5.88 Å². The normalized spacial score (nSPS) is 18.7. The summed E-state index contributed by atoms with van der Waals surface area (Å²) >= 11 is 0. The molecule has 2 aromatic heterocycles. The number of allylic oxidation sites excluding steroid dienone is 3. The molecule has 284 valence electrons. The Kier molecular flexibility index (Phi) is 16.4. The molecule has 2 fully saturated rings. The molecular formula is C42H60N4O6. The molecule has 1 saturated carbocycles. The SMILES string of the molecule is C/C=C\c1c(/C=C/CC)c2ccc(-c3ccc(OC4CCC4)nc3)cc2n1C.CC(C)C(C)C1=CC(OCCN2CCC(O)CC2)NO1.COC=O. The summed E-state index contributed by atoms with van der Waals surface area (Å²) in [5.41, 5.74) is 8.96. The number of aliphatic hydroxyl groups is 1. The van der Waals surface area contributed by atoms with Gasteiger partial charge in [-0.05, 0) is 75.1 Å². The second-order valence-electron chi connectivity index (χ2n) is 14.0. The average molecular weight is 717 g/mol. The lowest BCUT2D eigenvalue weighted by Gasteiger charge is -2.29. The molecule has 10 heteroatoms. The van der Waals surface area contributed by atoms with E-state index in [0.717, 1.165) is 68.9 Å². The van der Waals surface area contributed by atoms with E-state index in [0.29, 0.717) is 31.0 Å². The predicted molar refractivity (Wildman–Crippen MR) is 209 cm³/mol. The zero-order valence-electron chi connectivity index (χ0n) is 32.2. The summed E-state index contributed by atoms with van der Waals surface area (Å²) in [5, 5.41) is 10.7. The summed E-state index contributed by atoms with van der Waals surface area (Å²) in [6, 6.07) is 10.8. The van der Waals surface area contributed by atoms with Crippen LogP contribution in [0, 0.1) is 11.8 Å². The summed E-state index contributed by atoms with van der Waals surface area (Å²) in [4.78, 5) is 21.3. The fourth-order valence-electron chi connectivity index (χ4n) is 6.17. The van der Waals surface area contributed by atoms with E-state index in [1.54, 1.807) is 0 Å². The van der Waals surface area contributed by atoms with Crippen molar-refractivity contribution in [3.63, 3.8) is 0 Å². The van der Waals surface area contributed by atoms with Crippen LogP contribution in [-0.2, 0) is 26.2 Å². The Labute approximate surface area is 310 Å².